The fourth-order valence-corrected chi connectivity index (χ4v) is 5.10. The van der Waals surface area contributed by atoms with Gasteiger partial charge in [-0.25, -0.2) is 4.79 Å². The zero-order valence-corrected chi connectivity index (χ0v) is 18.7. The van der Waals surface area contributed by atoms with Crippen molar-refractivity contribution < 1.29 is 14.4 Å². The molecule has 3 saturated heterocycles. The van der Waals surface area contributed by atoms with Crippen LogP contribution in [0.15, 0.2) is 30.3 Å². The van der Waals surface area contributed by atoms with Gasteiger partial charge in [0.25, 0.3) is 5.91 Å². The quantitative estimate of drug-likeness (QED) is 0.735. The summed E-state index contributed by atoms with van der Waals surface area (Å²) in [5.41, 5.74) is 0.509. The number of nitrogens with zero attached hydrogens (tertiary/aromatic N) is 3. The summed E-state index contributed by atoms with van der Waals surface area (Å²) in [6.45, 7) is 7.76. The Bertz CT molecular complexity index is 809. The number of likely N-dealkylation sites (tertiary alicyclic amines) is 2. The van der Waals surface area contributed by atoms with Crippen LogP contribution in [0.3, 0.4) is 0 Å². The van der Waals surface area contributed by atoms with Crippen LogP contribution in [0.5, 0.6) is 0 Å². The first-order valence-corrected chi connectivity index (χ1v) is 11.6. The smallest absolute Gasteiger partial charge is 0.325 e. The largest absolute Gasteiger partial charge is 0.343 e. The molecule has 0 aromatic heterocycles. The predicted octanol–water partition coefficient (Wildman–Crippen LogP) is 2.61. The van der Waals surface area contributed by atoms with Gasteiger partial charge >= 0.3 is 6.03 Å². The SMILES string of the molecule is CC(C)CC(=O)N1CCC(N2C(=O)NC3(CCN(Cc4ccccc4)CC3)C2=O)CC1. The number of imide groups is 1. The first-order chi connectivity index (χ1) is 14.9. The summed E-state index contributed by atoms with van der Waals surface area (Å²) in [4.78, 5) is 44.2. The monoisotopic (exact) mass is 426 g/mol. The summed E-state index contributed by atoms with van der Waals surface area (Å²) in [6.07, 6.45) is 3.17. The van der Waals surface area contributed by atoms with Crippen LogP contribution in [0.2, 0.25) is 0 Å². The lowest BCUT2D eigenvalue weighted by Gasteiger charge is -2.39. The molecule has 168 valence electrons. The standard InChI is InChI=1S/C24H34N4O3/c1-18(2)16-21(29)27-12-8-20(9-13-27)28-22(30)24(25-23(28)31)10-14-26(15-11-24)17-19-6-4-3-5-7-19/h3-7,18,20H,8-17H2,1-2H3,(H,25,31). The number of amides is 4. The van der Waals surface area contributed by atoms with Crippen molar-refractivity contribution in [2.45, 2.75) is 64.1 Å². The third-order valence-corrected chi connectivity index (χ3v) is 6.92. The van der Waals surface area contributed by atoms with E-state index in [0.29, 0.717) is 51.1 Å². The maximum Gasteiger partial charge on any atom is 0.325 e. The van der Waals surface area contributed by atoms with Gasteiger partial charge < -0.3 is 10.2 Å². The second kappa shape index (κ2) is 8.99. The van der Waals surface area contributed by atoms with Gasteiger partial charge in [-0.2, -0.15) is 0 Å². The molecule has 0 atom stereocenters. The molecule has 3 aliphatic heterocycles. The van der Waals surface area contributed by atoms with E-state index in [1.54, 1.807) is 0 Å². The van der Waals surface area contributed by atoms with E-state index in [9.17, 15) is 14.4 Å². The first kappa shape index (κ1) is 21.8. The van der Waals surface area contributed by atoms with Gasteiger partial charge in [-0.3, -0.25) is 19.4 Å². The molecule has 3 aliphatic rings. The summed E-state index contributed by atoms with van der Waals surface area (Å²) in [6, 6.07) is 9.97. The highest BCUT2D eigenvalue weighted by atomic mass is 16.2. The molecule has 0 unspecified atom stereocenters. The van der Waals surface area contributed by atoms with Crippen LogP contribution in [0, 0.1) is 5.92 Å². The number of benzene rings is 1. The molecule has 1 spiro atoms. The zero-order chi connectivity index (χ0) is 22.0. The van der Waals surface area contributed by atoms with Crippen molar-refractivity contribution >= 4 is 17.8 Å². The van der Waals surface area contributed by atoms with Gasteiger partial charge in [0.15, 0.2) is 0 Å². The molecule has 7 heteroatoms. The van der Waals surface area contributed by atoms with E-state index in [0.717, 1.165) is 19.6 Å². The van der Waals surface area contributed by atoms with Crippen LogP contribution < -0.4 is 5.32 Å². The third kappa shape index (κ3) is 4.61. The Morgan fingerprint density at radius 2 is 1.71 bits per heavy atom. The average Bonchev–Trinajstić information content (AvgIpc) is 2.99. The number of rotatable bonds is 5. The Labute approximate surface area is 184 Å². The molecular weight excluding hydrogens is 392 g/mol. The lowest BCUT2D eigenvalue weighted by atomic mass is 9.86. The van der Waals surface area contributed by atoms with Gasteiger partial charge in [0, 0.05) is 45.2 Å². The molecule has 0 saturated carbocycles. The van der Waals surface area contributed by atoms with Crippen molar-refractivity contribution in [2.75, 3.05) is 26.2 Å². The van der Waals surface area contributed by atoms with Gasteiger partial charge in [0.05, 0.1) is 0 Å². The Balaban J connectivity index is 1.33. The maximum absolute atomic E-state index is 13.4. The molecule has 0 aliphatic carbocycles. The van der Waals surface area contributed by atoms with Crippen LogP contribution in [-0.4, -0.2) is 70.3 Å². The highest BCUT2D eigenvalue weighted by Gasteiger charge is 2.54. The van der Waals surface area contributed by atoms with E-state index in [4.69, 9.17) is 0 Å². The van der Waals surface area contributed by atoms with Gasteiger partial charge in [0.2, 0.25) is 5.91 Å². The van der Waals surface area contributed by atoms with Crippen molar-refractivity contribution in [3.05, 3.63) is 35.9 Å². The topological polar surface area (TPSA) is 73.0 Å². The summed E-state index contributed by atoms with van der Waals surface area (Å²) in [7, 11) is 0. The normalized spacial score (nSPS) is 22.4. The van der Waals surface area contributed by atoms with Crippen molar-refractivity contribution in [3.63, 3.8) is 0 Å². The summed E-state index contributed by atoms with van der Waals surface area (Å²) in [5, 5.41) is 3.04. The summed E-state index contributed by atoms with van der Waals surface area (Å²) < 4.78 is 0. The number of urea groups is 1. The second-order valence-corrected chi connectivity index (χ2v) is 9.66. The fraction of sp³-hybridized carbons (Fsp3) is 0.625. The lowest BCUT2D eigenvalue weighted by molar-refractivity contribution is -0.136. The van der Waals surface area contributed by atoms with Gasteiger partial charge in [-0.05, 0) is 37.2 Å². The first-order valence-electron chi connectivity index (χ1n) is 11.6. The van der Waals surface area contributed by atoms with E-state index >= 15 is 0 Å². The minimum absolute atomic E-state index is 0.0659. The Hall–Kier alpha value is -2.41. The Morgan fingerprint density at radius 3 is 2.32 bits per heavy atom. The van der Waals surface area contributed by atoms with Crippen LogP contribution >= 0.6 is 0 Å². The van der Waals surface area contributed by atoms with Crippen molar-refractivity contribution in [1.82, 2.24) is 20.0 Å². The summed E-state index contributed by atoms with van der Waals surface area (Å²) >= 11 is 0. The summed E-state index contributed by atoms with van der Waals surface area (Å²) in [5.74, 6) is 0.445. The highest BCUT2D eigenvalue weighted by molar-refractivity contribution is 6.07. The fourth-order valence-electron chi connectivity index (χ4n) is 5.10. The number of hydrogen-bond acceptors (Lipinski definition) is 4. The molecular formula is C24H34N4O3. The highest BCUT2D eigenvalue weighted by Crippen LogP contribution is 2.33. The molecule has 7 nitrogen and oxygen atoms in total. The minimum Gasteiger partial charge on any atom is -0.343 e. The third-order valence-electron chi connectivity index (χ3n) is 6.92. The second-order valence-electron chi connectivity index (χ2n) is 9.66. The van der Waals surface area contributed by atoms with E-state index in [1.807, 2.05) is 36.9 Å². The Kier molecular flexibility index (Phi) is 6.32. The van der Waals surface area contributed by atoms with Crippen molar-refractivity contribution in [1.29, 1.82) is 0 Å². The molecule has 31 heavy (non-hydrogen) atoms. The van der Waals surface area contributed by atoms with E-state index < -0.39 is 5.54 Å². The molecule has 0 radical (unpaired) electrons. The molecule has 4 rings (SSSR count). The van der Waals surface area contributed by atoms with E-state index in [1.165, 1.54) is 10.5 Å². The van der Waals surface area contributed by atoms with Gasteiger partial charge in [-0.15, -0.1) is 0 Å². The molecule has 3 heterocycles. The lowest BCUT2D eigenvalue weighted by Crippen LogP contribution is -2.55. The molecule has 4 amide bonds. The van der Waals surface area contributed by atoms with E-state index in [-0.39, 0.29) is 23.9 Å². The van der Waals surface area contributed by atoms with Crippen LogP contribution in [0.25, 0.3) is 0 Å². The van der Waals surface area contributed by atoms with Crippen LogP contribution in [0.1, 0.15) is 51.5 Å². The minimum atomic E-state index is -0.755. The number of carbonyl (C=O) groups is 3. The maximum atomic E-state index is 13.4. The zero-order valence-electron chi connectivity index (χ0n) is 18.7. The number of hydrogen-bond donors (Lipinski definition) is 1. The number of nitrogens with one attached hydrogen (secondary N) is 1. The Morgan fingerprint density at radius 1 is 1.06 bits per heavy atom. The average molecular weight is 427 g/mol. The number of piperidine rings is 2. The van der Waals surface area contributed by atoms with Gasteiger partial charge in [-0.1, -0.05) is 44.2 Å². The van der Waals surface area contributed by atoms with Gasteiger partial charge in [0.1, 0.15) is 5.54 Å². The van der Waals surface area contributed by atoms with Crippen LogP contribution in [0.4, 0.5) is 4.79 Å². The van der Waals surface area contributed by atoms with E-state index in [2.05, 4.69) is 22.3 Å². The molecule has 1 aromatic rings. The predicted molar refractivity (Wildman–Crippen MR) is 118 cm³/mol. The van der Waals surface area contributed by atoms with Crippen molar-refractivity contribution in [2.24, 2.45) is 5.92 Å². The number of carbonyl (C=O) groups excluding carboxylic acids is 3. The molecule has 0 bridgehead atoms. The molecule has 1 aromatic carbocycles. The van der Waals surface area contributed by atoms with Crippen LogP contribution in [-0.2, 0) is 16.1 Å². The van der Waals surface area contributed by atoms with Crippen molar-refractivity contribution in [3.8, 4) is 0 Å². The molecule has 1 N–H and O–H groups in total. The molecule has 3 fully saturated rings.